The minimum atomic E-state index is -0.608. The normalized spacial score (nSPS) is 9.86. The van der Waals surface area contributed by atoms with Crippen LogP contribution in [-0.4, -0.2) is 25.5 Å². The number of benzene rings is 2. The summed E-state index contributed by atoms with van der Waals surface area (Å²) in [5.41, 5.74) is 5.95. The van der Waals surface area contributed by atoms with E-state index in [-0.39, 0.29) is 12.5 Å². The molecular formula is C16H16N2O4. The standard InChI is InChI=1S/C16H16N2O4/c1-21-12-6-4-5-11(9-12)18-16(20)13-7-2-3-8-14(13)22-10-15(17)19/h2-9H,10H2,1H3,(H2,17,19)(H,18,20). The van der Waals surface area contributed by atoms with Crippen LogP contribution in [0.1, 0.15) is 10.4 Å². The molecule has 6 heteroatoms. The summed E-state index contributed by atoms with van der Waals surface area (Å²) in [6.07, 6.45) is 0. The van der Waals surface area contributed by atoms with Crippen molar-refractivity contribution in [2.24, 2.45) is 5.73 Å². The Morgan fingerprint density at radius 1 is 1.14 bits per heavy atom. The molecule has 0 aliphatic carbocycles. The molecule has 0 saturated heterocycles. The Balaban J connectivity index is 2.16. The van der Waals surface area contributed by atoms with E-state index < -0.39 is 5.91 Å². The van der Waals surface area contributed by atoms with Gasteiger partial charge in [-0.2, -0.15) is 0 Å². The van der Waals surface area contributed by atoms with Crippen molar-refractivity contribution < 1.29 is 19.1 Å². The smallest absolute Gasteiger partial charge is 0.259 e. The van der Waals surface area contributed by atoms with Crippen molar-refractivity contribution >= 4 is 17.5 Å². The van der Waals surface area contributed by atoms with Crippen LogP contribution in [-0.2, 0) is 4.79 Å². The monoisotopic (exact) mass is 300 g/mol. The van der Waals surface area contributed by atoms with E-state index >= 15 is 0 Å². The summed E-state index contributed by atoms with van der Waals surface area (Å²) in [5.74, 6) is -0.0332. The Labute approximate surface area is 127 Å². The Morgan fingerprint density at radius 3 is 2.64 bits per heavy atom. The maximum Gasteiger partial charge on any atom is 0.259 e. The molecule has 0 aromatic heterocycles. The highest BCUT2D eigenvalue weighted by Crippen LogP contribution is 2.21. The zero-order valence-electron chi connectivity index (χ0n) is 12.0. The van der Waals surface area contributed by atoms with Crippen LogP contribution in [0.15, 0.2) is 48.5 Å². The maximum atomic E-state index is 12.3. The molecule has 0 radical (unpaired) electrons. The molecule has 0 spiro atoms. The fourth-order valence-electron chi connectivity index (χ4n) is 1.83. The Morgan fingerprint density at radius 2 is 1.91 bits per heavy atom. The third-order valence-corrected chi connectivity index (χ3v) is 2.83. The largest absolute Gasteiger partial charge is 0.497 e. The van der Waals surface area contributed by atoms with Crippen LogP contribution in [0.3, 0.4) is 0 Å². The number of rotatable bonds is 6. The second kappa shape index (κ2) is 7.12. The molecule has 2 aromatic carbocycles. The van der Waals surface area contributed by atoms with Gasteiger partial charge in [0.05, 0.1) is 12.7 Å². The highest BCUT2D eigenvalue weighted by atomic mass is 16.5. The summed E-state index contributed by atoms with van der Waals surface area (Å²) in [6, 6.07) is 13.6. The van der Waals surface area contributed by atoms with E-state index in [9.17, 15) is 9.59 Å². The number of carbonyl (C=O) groups excluding carboxylic acids is 2. The van der Waals surface area contributed by atoms with Gasteiger partial charge in [0.2, 0.25) is 0 Å². The summed E-state index contributed by atoms with van der Waals surface area (Å²) < 4.78 is 10.3. The van der Waals surface area contributed by atoms with Crippen LogP contribution in [0.4, 0.5) is 5.69 Å². The molecule has 6 nitrogen and oxygen atoms in total. The van der Waals surface area contributed by atoms with Gasteiger partial charge >= 0.3 is 0 Å². The zero-order chi connectivity index (χ0) is 15.9. The number of para-hydroxylation sites is 1. The number of nitrogens with one attached hydrogen (secondary N) is 1. The van der Waals surface area contributed by atoms with E-state index in [4.69, 9.17) is 15.2 Å². The third-order valence-electron chi connectivity index (χ3n) is 2.83. The highest BCUT2D eigenvalue weighted by molar-refractivity contribution is 6.06. The first-order valence-electron chi connectivity index (χ1n) is 6.55. The molecule has 22 heavy (non-hydrogen) atoms. The predicted octanol–water partition coefficient (Wildman–Crippen LogP) is 1.81. The molecule has 114 valence electrons. The molecule has 0 unspecified atom stereocenters. The second-order valence-corrected chi connectivity index (χ2v) is 4.44. The van der Waals surface area contributed by atoms with Gasteiger partial charge in [-0.1, -0.05) is 18.2 Å². The van der Waals surface area contributed by atoms with Gasteiger partial charge < -0.3 is 20.5 Å². The number of anilines is 1. The molecule has 0 atom stereocenters. The molecule has 2 rings (SSSR count). The number of amides is 2. The van der Waals surface area contributed by atoms with E-state index in [1.54, 1.807) is 55.6 Å². The molecule has 2 amide bonds. The van der Waals surface area contributed by atoms with Crippen molar-refractivity contribution in [2.75, 3.05) is 19.0 Å². The van der Waals surface area contributed by atoms with Gasteiger partial charge in [-0.05, 0) is 24.3 Å². The fourth-order valence-corrected chi connectivity index (χ4v) is 1.83. The Hall–Kier alpha value is -3.02. The maximum absolute atomic E-state index is 12.3. The van der Waals surface area contributed by atoms with Gasteiger partial charge in [0.15, 0.2) is 6.61 Å². The number of ether oxygens (including phenoxy) is 2. The molecule has 0 aliphatic heterocycles. The van der Waals surface area contributed by atoms with Gasteiger partial charge in [0, 0.05) is 11.8 Å². The zero-order valence-corrected chi connectivity index (χ0v) is 12.0. The molecular weight excluding hydrogens is 284 g/mol. The molecule has 0 fully saturated rings. The first-order valence-corrected chi connectivity index (χ1v) is 6.55. The van der Waals surface area contributed by atoms with Crippen molar-refractivity contribution in [3.8, 4) is 11.5 Å². The predicted molar refractivity (Wildman–Crippen MR) is 82.1 cm³/mol. The molecule has 0 saturated carbocycles. The lowest BCUT2D eigenvalue weighted by atomic mass is 10.2. The lowest BCUT2D eigenvalue weighted by Gasteiger charge is -2.11. The molecule has 0 aliphatic rings. The number of methoxy groups -OCH3 is 1. The van der Waals surface area contributed by atoms with Crippen LogP contribution < -0.4 is 20.5 Å². The Kier molecular flexibility index (Phi) is 4.98. The van der Waals surface area contributed by atoms with Crippen LogP contribution in [0.25, 0.3) is 0 Å². The average Bonchev–Trinajstić information content (AvgIpc) is 2.53. The van der Waals surface area contributed by atoms with Crippen LogP contribution in [0.2, 0.25) is 0 Å². The number of nitrogens with two attached hydrogens (primary N) is 1. The Bertz CT molecular complexity index is 685. The van der Waals surface area contributed by atoms with E-state index in [1.165, 1.54) is 0 Å². The van der Waals surface area contributed by atoms with Crippen LogP contribution in [0, 0.1) is 0 Å². The summed E-state index contributed by atoms with van der Waals surface area (Å²) in [5, 5.41) is 2.75. The van der Waals surface area contributed by atoms with Crippen molar-refractivity contribution in [3.63, 3.8) is 0 Å². The summed E-state index contributed by atoms with van der Waals surface area (Å²) >= 11 is 0. The molecule has 0 heterocycles. The van der Waals surface area contributed by atoms with Gasteiger partial charge in [-0.25, -0.2) is 0 Å². The van der Waals surface area contributed by atoms with Gasteiger partial charge in [0.25, 0.3) is 11.8 Å². The van der Waals surface area contributed by atoms with Crippen molar-refractivity contribution in [1.82, 2.24) is 0 Å². The van der Waals surface area contributed by atoms with Crippen molar-refractivity contribution in [2.45, 2.75) is 0 Å². The van der Waals surface area contributed by atoms with Crippen LogP contribution in [0.5, 0.6) is 11.5 Å². The summed E-state index contributed by atoms with van der Waals surface area (Å²) in [6.45, 7) is -0.288. The SMILES string of the molecule is COc1cccc(NC(=O)c2ccccc2OCC(N)=O)c1. The highest BCUT2D eigenvalue weighted by Gasteiger charge is 2.13. The average molecular weight is 300 g/mol. The number of primary amides is 1. The van der Waals surface area contributed by atoms with Crippen molar-refractivity contribution in [3.05, 3.63) is 54.1 Å². The number of hydrogen-bond donors (Lipinski definition) is 2. The van der Waals surface area contributed by atoms with E-state index in [0.29, 0.717) is 22.7 Å². The third kappa shape index (κ3) is 3.99. The van der Waals surface area contributed by atoms with Gasteiger partial charge in [0.1, 0.15) is 11.5 Å². The van der Waals surface area contributed by atoms with Gasteiger partial charge in [-0.15, -0.1) is 0 Å². The summed E-state index contributed by atoms with van der Waals surface area (Å²) in [4.78, 5) is 23.1. The quantitative estimate of drug-likeness (QED) is 0.851. The minimum Gasteiger partial charge on any atom is -0.497 e. The lowest BCUT2D eigenvalue weighted by Crippen LogP contribution is -2.21. The number of hydrogen-bond acceptors (Lipinski definition) is 4. The molecule has 2 aromatic rings. The van der Waals surface area contributed by atoms with E-state index in [0.717, 1.165) is 0 Å². The topological polar surface area (TPSA) is 90.7 Å². The first-order chi connectivity index (χ1) is 10.6. The van der Waals surface area contributed by atoms with E-state index in [2.05, 4.69) is 5.32 Å². The molecule has 0 bridgehead atoms. The minimum absolute atomic E-state index is 0.288. The molecule has 3 N–H and O–H groups in total. The van der Waals surface area contributed by atoms with Gasteiger partial charge in [-0.3, -0.25) is 9.59 Å². The fraction of sp³-hybridized carbons (Fsp3) is 0.125. The second-order valence-electron chi connectivity index (χ2n) is 4.44. The first kappa shape index (κ1) is 15.4. The van der Waals surface area contributed by atoms with Crippen molar-refractivity contribution in [1.29, 1.82) is 0 Å². The van der Waals surface area contributed by atoms with E-state index in [1.807, 2.05) is 0 Å². The summed E-state index contributed by atoms with van der Waals surface area (Å²) in [7, 11) is 1.55. The van der Waals surface area contributed by atoms with Crippen LogP contribution >= 0.6 is 0 Å². The lowest BCUT2D eigenvalue weighted by molar-refractivity contribution is -0.119. The number of carbonyl (C=O) groups is 2.